The molecule has 0 bridgehead atoms. The molecule has 0 amide bonds. The van der Waals surface area contributed by atoms with Crippen LogP contribution in [0.1, 0.15) is 11.3 Å². The zero-order valence-corrected chi connectivity index (χ0v) is 14.5. The second-order valence-electron chi connectivity index (χ2n) is 5.20. The summed E-state index contributed by atoms with van der Waals surface area (Å²) in [4.78, 5) is 21.1. The minimum absolute atomic E-state index is 0.230. The average Bonchev–Trinajstić information content (AvgIpc) is 3.28. The Labute approximate surface area is 150 Å². The van der Waals surface area contributed by atoms with Gasteiger partial charge in [0.05, 0.1) is 11.4 Å². The SMILES string of the molecule is N#Cc1c[nH]n2c(=O)cc(CSc3nc(-c4ccccc4)cs3)nc12. The number of H-pyrrole nitrogens is 1. The molecule has 0 spiro atoms. The van der Waals surface area contributed by atoms with Gasteiger partial charge in [-0.3, -0.25) is 9.89 Å². The number of nitrogens with one attached hydrogen (secondary N) is 1. The van der Waals surface area contributed by atoms with Crippen molar-refractivity contribution in [3.63, 3.8) is 0 Å². The van der Waals surface area contributed by atoms with E-state index in [0.29, 0.717) is 22.7 Å². The van der Waals surface area contributed by atoms with Crippen LogP contribution in [-0.2, 0) is 5.75 Å². The molecule has 0 atom stereocenters. The number of aromatic amines is 1. The Bertz CT molecular complexity index is 1140. The second kappa shape index (κ2) is 6.55. The third kappa shape index (κ3) is 3.07. The molecule has 0 saturated carbocycles. The standard InChI is InChI=1S/C17H11N5OS2/c18-7-12-8-19-22-15(23)6-13(20-16(12)22)9-24-17-21-14(10-25-17)11-4-2-1-3-5-11/h1-6,8,10,19H,9H2. The zero-order valence-electron chi connectivity index (χ0n) is 12.8. The number of fused-ring (bicyclic) bond motifs is 1. The highest BCUT2D eigenvalue weighted by molar-refractivity contribution is 8.00. The quantitative estimate of drug-likeness (QED) is 0.561. The van der Waals surface area contributed by atoms with Gasteiger partial charge in [-0.2, -0.15) is 5.26 Å². The fourth-order valence-electron chi connectivity index (χ4n) is 2.39. The molecule has 0 unspecified atom stereocenters. The normalized spacial score (nSPS) is 10.8. The molecule has 0 fully saturated rings. The van der Waals surface area contributed by atoms with E-state index in [4.69, 9.17) is 5.26 Å². The number of nitriles is 1. The topological polar surface area (TPSA) is 86.8 Å². The molecule has 0 aliphatic heterocycles. The molecule has 3 heterocycles. The van der Waals surface area contributed by atoms with Crippen molar-refractivity contribution in [1.82, 2.24) is 19.6 Å². The first-order chi connectivity index (χ1) is 12.2. The van der Waals surface area contributed by atoms with E-state index in [1.807, 2.05) is 41.8 Å². The Hall–Kier alpha value is -2.89. The molecule has 0 radical (unpaired) electrons. The molecule has 25 heavy (non-hydrogen) atoms. The van der Waals surface area contributed by atoms with Crippen molar-refractivity contribution in [2.45, 2.75) is 10.1 Å². The minimum Gasteiger partial charge on any atom is -0.295 e. The van der Waals surface area contributed by atoms with E-state index in [0.717, 1.165) is 15.6 Å². The van der Waals surface area contributed by atoms with Gasteiger partial charge in [0, 0.05) is 29.0 Å². The molecule has 122 valence electrons. The van der Waals surface area contributed by atoms with Crippen LogP contribution < -0.4 is 5.56 Å². The molecule has 1 N–H and O–H groups in total. The van der Waals surface area contributed by atoms with Gasteiger partial charge in [-0.1, -0.05) is 42.1 Å². The largest absolute Gasteiger partial charge is 0.295 e. The lowest BCUT2D eigenvalue weighted by Gasteiger charge is -2.00. The third-order valence-electron chi connectivity index (χ3n) is 3.57. The van der Waals surface area contributed by atoms with Crippen LogP contribution in [-0.4, -0.2) is 19.6 Å². The molecule has 4 aromatic rings. The van der Waals surface area contributed by atoms with Gasteiger partial charge in [0.15, 0.2) is 9.99 Å². The Morgan fingerprint density at radius 2 is 2.12 bits per heavy atom. The highest BCUT2D eigenvalue weighted by Crippen LogP contribution is 2.29. The maximum Gasteiger partial charge on any atom is 0.272 e. The highest BCUT2D eigenvalue weighted by atomic mass is 32.2. The Morgan fingerprint density at radius 1 is 1.28 bits per heavy atom. The molecular formula is C17H11N5OS2. The fourth-order valence-corrected chi connectivity index (χ4v) is 4.11. The molecule has 4 rings (SSSR count). The van der Waals surface area contributed by atoms with Crippen LogP contribution in [0.5, 0.6) is 0 Å². The van der Waals surface area contributed by atoms with Gasteiger partial charge in [-0.05, 0) is 0 Å². The highest BCUT2D eigenvalue weighted by Gasteiger charge is 2.10. The van der Waals surface area contributed by atoms with Crippen molar-refractivity contribution in [2.75, 3.05) is 0 Å². The number of nitrogens with zero attached hydrogens (tertiary/aromatic N) is 4. The summed E-state index contributed by atoms with van der Waals surface area (Å²) in [7, 11) is 0. The number of thiazole rings is 1. The van der Waals surface area contributed by atoms with Gasteiger partial charge in [-0.15, -0.1) is 11.3 Å². The van der Waals surface area contributed by atoms with Gasteiger partial charge >= 0.3 is 0 Å². The lowest BCUT2D eigenvalue weighted by Crippen LogP contribution is -2.15. The van der Waals surface area contributed by atoms with Crippen molar-refractivity contribution in [2.24, 2.45) is 0 Å². The number of thioether (sulfide) groups is 1. The van der Waals surface area contributed by atoms with Gasteiger partial charge < -0.3 is 0 Å². The van der Waals surface area contributed by atoms with E-state index in [1.54, 1.807) is 11.3 Å². The minimum atomic E-state index is -0.230. The number of rotatable bonds is 4. The van der Waals surface area contributed by atoms with E-state index in [1.165, 1.54) is 28.5 Å². The Morgan fingerprint density at radius 3 is 2.92 bits per heavy atom. The van der Waals surface area contributed by atoms with Crippen LogP contribution in [0.4, 0.5) is 0 Å². The average molecular weight is 365 g/mol. The molecular weight excluding hydrogens is 354 g/mol. The van der Waals surface area contributed by atoms with Crippen molar-refractivity contribution in [1.29, 1.82) is 5.26 Å². The summed E-state index contributed by atoms with van der Waals surface area (Å²) in [6.07, 6.45) is 1.48. The molecule has 1 aromatic carbocycles. The van der Waals surface area contributed by atoms with Crippen LogP contribution in [0.3, 0.4) is 0 Å². The predicted octanol–water partition coefficient (Wildman–Crippen LogP) is 3.31. The molecule has 8 heteroatoms. The summed E-state index contributed by atoms with van der Waals surface area (Å²) in [6.45, 7) is 0. The monoisotopic (exact) mass is 365 g/mol. The smallest absolute Gasteiger partial charge is 0.272 e. The van der Waals surface area contributed by atoms with E-state index in [-0.39, 0.29) is 5.56 Å². The van der Waals surface area contributed by atoms with E-state index >= 15 is 0 Å². The summed E-state index contributed by atoms with van der Waals surface area (Å²) >= 11 is 3.09. The third-order valence-corrected chi connectivity index (χ3v) is 5.62. The van der Waals surface area contributed by atoms with E-state index < -0.39 is 0 Å². The predicted molar refractivity (Wildman–Crippen MR) is 97.6 cm³/mol. The number of hydrogen-bond acceptors (Lipinski definition) is 6. The Kier molecular flexibility index (Phi) is 4.09. The molecule has 3 aromatic heterocycles. The van der Waals surface area contributed by atoms with Crippen molar-refractivity contribution < 1.29 is 0 Å². The van der Waals surface area contributed by atoms with Gasteiger partial charge in [0.25, 0.3) is 5.56 Å². The van der Waals surface area contributed by atoms with Crippen LogP contribution >= 0.6 is 23.1 Å². The summed E-state index contributed by atoms with van der Waals surface area (Å²) in [6, 6.07) is 13.5. The van der Waals surface area contributed by atoms with Crippen molar-refractivity contribution in [3.8, 4) is 17.3 Å². The molecule has 0 saturated heterocycles. The lowest BCUT2D eigenvalue weighted by molar-refractivity contribution is 0.888. The Balaban J connectivity index is 1.56. The second-order valence-corrected chi connectivity index (χ2v) is 7.28. The molecule has 0 aliphatic carbocycles. The van der Waals surface area contributed by atoms with Crippen LogP contribution in [0.2, 0.25) is 0 Å². The lowest BCUT2D eigenvalue weighted by atomic mass is 10.2. The summed E-state index contributed by atoms with van der Waals surface area (Å²) in [5.41, 5.74) is 3.12. The first-order valence-corrected chi connectivity index (χ1v) is 9.25. The van der Waals surface area contributed by atoms with Crippen molar-refractivity contribution >= 4 is 28.7 Å². The van der Waals surface area contributed by atoms with Gasteiger partial charge in [0.2, 0.25) is 0 Å². The van der Waals surface area contributed by atoms with E-state index in [2.05, 4.69) is 15.1 Å². The van der Waals surface area contributed by atoms with Crippen molar-refractivity contribution in [3.05, 3.63) is 69.6 Å². The fraction of sp³-hybridized carbons (Fsp3) is 0.0588. The van der Waals surface area contributed by atoms with Gasteiger partial charge in [0.1, 0.15) is 11.6 Å². The first-order valence-electron chi connectivity index (χ1n) is 7.38. The number of aromatic nitrogens is 4. The zero-order chi connectivity index (χ0) is 17.2. The maximum absolute atomic E-state index is 12.1. The summed E-state index contributed by atoms with van der Waals surface area (Å²) in [5, 5.41) is 13.8. The van der Waals surface area contributed by atoms with Crippen LogP contribution in [0.25, 0.3) is 16.9 Å². The molecule has 6 nitrogen and oxygen atoms in total. The van der Waals surface area contributed by atoms with Crippen LogP contribution in [0.15, 0.2) is 57.1 Å². The van der Waals surface area contributed by atoms with Gasteiger partial charge in [-0.25, -0.2) is 14.5 Å². The number of benzene rings is 1. The van der Waals surface area contributed by atoms with E-state index in [9.17, 15) is 4.79 Å². The number of hydrogen-bond donors (Lipinski definition) is 1. The molecule has 0 aliphatic rings. The summed E-state index contributed by atoms with van der Waals surface area (Å²) < 4.78 is 2.18. The first kappa shape index (κ1) is 15.6. The maximum atomic E-state index is 12.1. The van der Waals surface area contributed by atoms with Crippen LogP contribution in [0, 0.1) is 11.3 Å². The summed E-state index contributed by atoms with van der Waals surface area (Å²) in [5.74, 6) is 0.517.